The van der Waals surface area contributed by atoms with Gasteiger partial charge in [0, 0.05) is 17.8 Å². The Morgan fingerprint density at radius 1 is 1.03 bits per heavy atom. The normalized spacial score (nSPS) is 12.4. The average molecular weight is 473 g/mol. The number of ether oxygens (including phenoxy) is 2. The first-order chi connectivity index (χ1) is 15.6. The smallest absolute Gasteiger partial charge is 0.331 e. The second-order valence-electron chi connectivity index (χ2n) is 7.37. The number of sulfonamides is 1. The summed E-state index contributed by atoms with van der Waals surface area (Å²) in [6.07, 6.45) is 3.38. The van der Waals surface area contributed by atoms with Gasteiger partial charge in [0.1, 0.15) is 12.4 Å². The fourth-order valence-electron chi connectivity index (χ4n) is 2.60. The van der Waals surface area contributed by atoms with Gasteiger partial charge in [0.05, 0.1) is 4.90 Å². The molecule has 0 radical (unpaired) electrons. The van der Waals surface area contributed by atoms with Crippen molar-refractivity contribution in [2.75, 3.05) is 11.9 Å². The molecule has 0 saturated carbocycles. The van der Waals surface area contributed by atoms with Crippen molar-refractivity contribution in [2.24, 2.45) is 0 Å². The molecule has 8 nitrogen and oxygen atoms in total. The van der Waals surface area contributed by atoms with Crippen LogP contribution in [0.1, 0.15) is 26.3 Å². The molecule has 1 amide bonds. The van der Waals surface area contributed by atoms with E-state index in [9.17, 15) is 18.0 Å². The molecule has 0 bridgehead atoms. The van der Waals surface area contributed by atoms with Gasteiger partial charge in [-0.2, -0.15) is 0 Å². The average Bonchev–Trinajstić information content (AvgIpc) is 2.76. The predicted molar refractivity (Wildman–Crippen MR) is 127 cm³/mol. The van der Waals surface area contributed by atoms with Gasteiger partial charge in [0.2, 0.25) is 10.0 Å². The van der Waals surface area contributed by atoms with E-state index in [2.05, 4.69) is 16.6 Å². The lowest BCUT2D eigenvalue weighted by molar-refractivity contribution is -0.148. The second-order valence-corrected chi connectivity index (χ2v) is 9.08. The van der Waals surface area contributed by atoms with Gasteiger partial charge in [-0.3, -0.25) is 4.79 Å². The van der Waals surface area contributed by atoms with Crippen LogP contribution in [-0.2, 0) is 24.3 Å². The Kier molecular flexibility index (Phi) is 9.38. The maximum Gasteiger partial charge on any atom is 0.331 e. The first-order valence-corrected chi connectivity index (χ1v) is 11.7. The minimum Gasteiger partial charge on any atom is -0.490 e. The van der Waals surface area contributed by atoms with Crippen molar-refractivity contribution in [3.8, 4) is 5.75 Å². The SMILES string of the molecule is C=CCOc1ccc(/C=C/C(=O)OC(C)C(=O)Nc2ccc(S(=O)(=O)NC(C)C)cc2)cc1. The van der Waals surface area contributed by atoms with Crippen LogP contribution in [-0.4, -0.2) is 39.0 Å². The molecule has 2 N–H and O–H groups in total. The Labute approximate surface area is 194 Å². The number of esters is 1. The Morgan fingerprint density at radius 3 is 2.24 bits per heavy atom. The molecule has 0 spiro atoms. The molecule has 0 aliphatic carbocycles. The van der Waals surface area contributed by atoms with Crippen LogP contribution in [0.3, 0.4) is 0 Å². The van der Waals surface area contributed by atoms with Gasteiger partial charge in [0.25, 0.3) is 5.91 Å². The van der Waals surface area contributed by atoms with Crippen molar-refractivity contribution in [2.45, 2.75) is 37.8 Å². The molecule has 9 heteroatoms. The van der Waals surface area contributed by atoms with Gasteiger partial charge >= 0.3 is 5.97 Å². The lowest BCUT2D eigenvalue weighted by Crippen LogP contribution is -2.30. The van der Waals surface area contributed by atoms with E-state index in [4.69, 9.17) is 9.47 Å². The largest absolute Gasteiger partial charge is 0.490 e. The van der Waals surface area contributed by atoms with E-state index >= 15 is 0 Å². The molecule has 1 atom stereocenters. The maximum atomic E-state index is 12.3. The maximum absolute atomic E-state index is 12.3. The van der Waals surface area contributed by atoms with Crippen molar-refractivity contribution in [3.63, 3.8) is 0 Å². The van der Waals surface area contributed by atoms with Crippen LogP contribution in [0.25, 0.3) is 6.08 Å². The van der Waals surface area contributed by atoms with Crippen molar-refractivity contribution in [1.29, 1.82) is 0 Å². The monoisotopic (exact) mass is 472 g/mol. The highest BCUT2D eigenvalue weighted by Gasteiger charge is 2.18. The van der Waals surface area contributed by atoms with Crippen LogP contribution < -0.4 is 14.8 Å². The van der Waals surface area contributed by atoms with Gasteiger partial charge in [0.15, 0.2) is 6.10 Å². The summed E-state index contributed by atoms with van der Waals surface area (Å²) in [7, 11) is -3.62. The van der Waals surface area contributed by atoms with E-state index in [0.29, 0.717) is 18.0 Å². The lowest BCUT2D eigenvalue weighted by Gasteiger charge is -2.13. The molecule has 0 fully saturated rings. The third kappa shape index (κ3) is 8.55. The lowest BCUT2D eigenvalue weighted by atomic mass is 10.2. The zero-order valence-corrected chi connectivity index (χ0v) is 19.6. The Bertz CT molecular complexity index is 1090. The molecule has 2 rings (SSSR count). The van der Waals surface area contributed by atoms with Crippen LogP contribution >= 0.6 is 0 Å². The van der Waals surface area contributed by atoms with Gasteiger partial charge in [-0.1, -0.05) is 24.8 Å². The Morgan fingerprint density at radius 2 is 1.67 bits per heavy atom. The third-order valence-corrected chi connectivity index (χ3v) is 5.82. The van der Waals surface area contributed by atoms with Crippen LogP contribution in [0.15, 0.2) is 72.2 Å². The number of nitrogens with one attached hydrogen (secondary N) is 2. The Hall–Kier alpha value is -3.43. The standard InChI is InChI=1S/C24H28N2O6S/c1-5-16-31-21-11-6-19(7-12-21)8-15-23(27)32-18(4)24(28)25-20-9-13-22(14-10-20)33(29,30)26-17(2)3/h5-15,17-18,26H,1,16H2,2-4H3,(H,25,28)/b15-8+. The second kappa shape index (κ2) is 12.0. The summed E-state index contributed by atoms with van der Waals surface area (Å²) in [4.78, 5) is 24.4. The Balaban J connectivity index is 1.88. The molecular weight excluding hydrogens is 444 g/mol. The van der Waals surface area contributed by atoms with E-state index in [1.807, 2.05) is 0 Å². The first kappa shape index (κ1) is 25.8. The topological polar surface area (TPSA) is 111 Å². The summed E-state index contributed by atoms with van der Waals surface area (Å²) in [5.74, 6) is -0.538. The van der Waals surface area contributed by atoms with Crippen LogP contribution in [0.5, 0.6) is 5.75 Å². The zero-order valence-electron chi connectivity index (χ0n) is 18.8. The number of carbonyl (C=O) groups excluding carboxylic acids is 2. The fraction of sp³-hybridized carbons (Fsp3) is 0.250. The number of carbonyl (C=O) groups is 2. The van der Waals surface area contributed by atoms with Crippen molar-refractivity contribution >= 4 is 33.7 Å². The van der Waals surface area contributed by atoms with E-state index in [1.165, 1.54) is 37.3 Å². The van der Waals surface area contributed by atoms with Gasteiger partial charge < -0.3 is 14.8 Å². The molecule has 33 heavy (non-hydrogen) atoms. The number of anilines is 1. The predicted octanol–water partition coefficient (Wildman–Crippen LogP) is 3.52. The number of benzene rings is 2. The zero-order chi connectivity index (χ0) is 24.4. The molecule has 0 heterocycles. The van der Waals surface area contributed by atoms with Crippen molar-refractivity contribution in [3.05, 3.63) is 72.8 Å². The molecule has 0 aliphatic rings. The molecule has 2 aromatic carbocycles. The summed E-state index contributed by atoms with van der Waals surface area (Å²) >= 11 is 0. The minimum atomic E-state index is -3.62. The highest BCUT2D eigenvalue weighted by Crippen LogP contribution is 2.16. The fourth-order valence-corrected chi connectivity index (χ4v) is 3.85. The van der Waals surface area contributed by atoms with E-state index in [1.54, 1.807) is 50.3 Å². The summed E-state index contributed by atoms with van der Waals surface area (Å²) in [6.45, 7) is 8.87. The van der Waals surface area contributed by atoms with E-state index in [0.717, 1.165) is 5.56 Å². The van der Waals surface area contributed by atoms with Gasteiger partial charge in [-0.15, -0.1) is 0 Å². The van der Waals surface area contributed by atoms with Crippen molar-refractivity contribution in [1.82, 2.24) is 4.72 Å². The van der Waals surface area contributed by atoms with Crippen LogP contribution in [0.4, 0.5) is 5.69 Å². The third-order valence-electron chi connectivity index (χ3n) is 4.14. The van der Waals surface area contributed by atoms with Crippen molar-refractivity contribution < 1.29 is 27.5 Å². The van der Waals surface area contributed by atoms with Crippen LogP contribution in [0, 0.1) is 0 Å². The molecule has 0 aromatic heterocycles. The molecule has 0 saturated heterocycles. The number of amides is 1. The first-order valence-electron chi connectivity index (χ1n) is 10.3. The number of hydrogen-bond donors (Lipinski definition) is 2. The van der Waals surface area contributed by atoms with Gasteiger partial charge in [-0.25, -0.2) is 17.9 Å². The highest BCUT2D eigenvalue weighted by molar-refractivity contribution is 7.89. The molecule has 2 aromatic rings. The molecule has 176 valence electrons. The highest BCUT2D eigenvalue weighted by atomic mass is 32.2. The summed E-state index contributed by atoms with van der Waals surface area (Å²) in [5, 5.41) is 2.59. The minimum absolute atomic E-state index is 0.0825. The van der Waals surface area contributed by atoms with E-state index < -0.39 is 28.0 Å². The molecular formula is C24H28N2O6S. The molecule has 0 aliphatic heterocycles. The molecule has 1 unspecified atom stereocenters. The summed E-state index contributed by atoms with van der Waals surface area (Å²) < 4.78 is 37.3. The van der Waals surface area contributed by atoms with Crippen LogP contribution in [0.2, 0.25) is 0 Å². The number of hydrogen-bond acceptors (Lipinski definition) is 6. The van der Waals surface area contributed by atoms with Gasteiger partial charge in [-0.05, 0) is 68.8 Å². The quantitative estimate of drug-likeness (QED) is 0.294. The summed E-state index contributed by atoms with van der Waals surface area (Å²) in [5.41, 5.74) is 1.14. The number of rotatable bonds is 11. The van der Waals surface area contributed by atoms with E-state index in [-0.39, 0.29) is 10.9 Å². The summed E-state index contributed by atoms with van der Waals surface area (Å²) in [6, 6.07) is 12.5.